The molecule has 0 amide bonds. The second-order valence-corrected chi connectivity index (χ2v) is 3.00. The van der Waals surface area contributed by atoms with Crippen LogP contribution in [0.25, 0.3) is 0 Å². The van der Waals surface area contributed by atoms with E-state index in [-0.39, 0.29) is 0 Å². The van der Waals surface area contributed by atoms with Crippen LogP contribution in [0.4, 0.5) is 0 Å². The van der Waals surface area contributed by atoms with Gasteiger partial charge in [0.2, 0.25) is 0 Å². The van der Waals surface area contributed by atoms with Gasteiger partial charge in [-0.3, -0.25) is 0 Å². The van der Waals surface area contributed by atoms with Crippen molar-refractivity contribution in [3.8, 4) is 0 Å². The van der Waals surface area contributed by atoms with Crippen LogP contribution >= 0.6 is 0 Å². The Morgan fingerprint density at radius 2 is 1.62 bits per heavy atom. The Kier molecular flexibility index (Phi) is 17.1. The highest BCUT2D eigenvalue weighted by molar-refractivity contribution is 4.50. The Balaban J connectivity index is 0. The van der Waals surface area contributed by atoms with Gasteiger partial charge < -0.3 is 9.64 Å². The predicted molar refractivity (Wildman–Crippen MR) is 60.2 cm³/mol. The number of unbranched alkanes of at least 4 members (excludes halogenated alkanes) is 1. The monoisotopic (exact) mass is 189 g/mol. The Labute approximate surface area is 84.3 Å². The van der Waals surface area contributed by atoms with E-state index in [0.717, 1.165) is 19.6 Å². The molecular formula is C11H27NO. The molecule has 2 nitrogen and oxygen atoms in total. The standard InChI is InChI=1S/C9H21NO.C2H6/c1-4-5-7-10(2)8-6-9-11-3;1-2/h4-9H2,1-3H3;1-2H3. The van der Waals surface area contributed by atoms with E-state index in [1.165, 1.54) is 19.4 Å². The number of rotatable bonds is 7. The maximum absolute atomic E-state index is 4.97. The molecule has 0 aliphatic carbocycles. The van der Waals surface area contributed by atoms with Crippen molar-refractivity contribution in [1.29, 1.82) is 0 Å². The summed E-state index contributed by atoms with van der Waals surface area (Å²) in [7, 11) is 3.93. The quantitative estimate of drug-likeness (QED) is 0.571. The number of methoxy groups -OCH3 is 1. The van der Waals surface area contributed by atoms with E-state index >= 15 is 0 Å². The molecule has 82 valence electrons. The lowest BCUT2D eigenvalue weighted by Crippen LogP contribution is -2.21. The highest BCUT2D eigenvalue weighted by atomic mass is 16.5. The third kappa shape index (κ3) is 14.7. The van der Waals surface area contributed by atoms with Crippen LogP contribution in [0.15, 0.2) is 0 Å². The summed E-state index contributed by atoms with van der Waals surface area (Å²) in [5.74, 6) is 0. The molecule has 13 heavy (non-hydrogen) atoms. The minimum atomic E-state index is 0.885. The van der Waals surface area contributed by atoms with E-state index in [2.05, 4.69) is 18.9 Å². The Morgan fingerprint density at radius 1 is 1.08 bits per heavy atom. The van der Waals surface area contributed by atoms with Gasteiger partial charge in [0.25, 0.3) is 0 Å². The lowest BCUT2D eigenvalue weighted by atomic mass is 10.3. The van der Waals surface area contributed by atoms with E-state index < -0.39 is 0 Å². The van der Waals surface area contributed by atoms with Crippen LogP contribution in [-0.4, -0.2) is 38.8 Å². The van der Waals surface area contributed by atoms with Gasteiger partial charge in [0, 0.05) is 20.3 Å². The van der Waals surface area contributed by atoms with Gasteiger partial charge in [-0.25, -0.2) is 0 Å². The molecule has 0 saturated carbocycles. The summed E-state index contributed by atoms with van der Waals surface area (Å²) in [6.07, 6.45) is 3.74. The number of nitrogens with zero attached hydrogens (tertiary/aromatic N) is 1. The SMILES string of the molecule is CC.CCCCN(C)CCCOC. The molecule has 0 atom stereocenters. The summed E-state index contributed by atoms with van der Waals surface area (Å²) in [5.41, 5.74) is 0. The van der Waals surface area contributed by atoms with E-state index in [9.17, 15) is 0 Å². The molecule has 0 N–H and O–H groups in total. The zero-order chi connectivity index (χ0) is 10.5. The topological polar surface area (TPSA) is 12.5 Å². The normalized spacial score (nSPS) is 9.69. The summed E-state index contributed by atoms with van der Waals surface area (Å²) in [6.45, 7) is 9.49. The van der Waals surface area contributed by atoms with Gasteiger partial charge in [-0.2, -0.15) is 0 Å². The smallest absolute Gasteiger partial charge is 0.0474 e. The van der Waals surface area contributed by atoms with Crippen molar-refractivity contribution in [3.63, 3.8) is 0 Å². The summed E-state index contributed by atoms with van der Waals surface area (Å²) in [6, 6.07) is 0. The van der Waals surface area contributed by atoms with Crippen molar-refractivity contribution >= 4 is 0 Å². The molecule has 0 aliphatic heterocycles. The summed E-state index contributed by atoms with van der Waals surface area (Å²) in [5, 5.41) is 0. The number of hydrogen-bond donors (Lipinski definition) is 0. The zero-order valence-corrected chi connectivity index (χ0v) is 10.1. The van der Waals surface area contributed by atoms with Crippen LogP contribution < -0.4 is 0 Å². The van der Waals surface area contributed by atoms with Crippen molar-refractivity contribution in [3.05, 3.63) is 0 Å². The van der Waals surface area contributed by atoms with Crippen LogP contribution in [-0.2, 0) is 4.74 Å². The van der Waals surface area contributed by atoms with E-state index in [4.69, 9.17) is 4.74 Å². The fourth-order valence-electron chi connectivity index (χ4n) is 1.02. The van der Waals surface area contributed by atoms with Gasteiger partial charge in [-0.05, 0) is 26.4 Å². The molecule has 0 aromatic heterocycles. The largest absolute Gasteiger partial charge is 0.385 e. The van der Waals surface area contributed by atoms with Gasteiger partial charge in [0.05, 0.1) is 0 Å². The number of ether oxygens (including phenoxy) is 1. The molecule has 0 aromatic carbocycles. The maximum atomic E-state index is 4.97. The second-order valence-electron chi connectivity index (χ2n) is 3.00. The van der Waals surface area contributed by atoms with Crippen LogP contribution in [0.1, 0.15) is 40.0 Å². The predicted octanol–water partition coefficient (Wildman–Crippen LogP) is 2.78. The van der Waals surface area contributed by atoms with Gasteiger partial charge in [0.15, 0.2) is 0 Å². The van der Waals surface area contributed by atoms with Crippen LogP contribution in [0.2, 0.25) is 0 Å². The first kappa shape index (κ1) is 15.4. The van der Waals surface area contributed by atoms with Crippen LogP contribution in [0.5, 0.6) is 0 Å². The third-order valence-electron chi connectivity index (χ3n) is 1.78. The first-order valence-electron chi connectivity index (χ1n) is 5.48. The summed E-state index contributed by atoms with van der Waals surface area (Å²) >= 11 is 0. The molecule has 2 heteroatoms. The van der Waals surface area contributed by atoms with Gasteiger partial charge in [0.1, 0.15) is 0 Å². The van der Waals surface area contributed by atoms with Gasteiger partial charge in [-0.1, -0.05) is 27.2 Å². The van der Waals surface area contributed by atoms with Crippen molar-refractivity contribution in [2.45, 2.75) is 40.0 Å². The average molecular weight is 189 g/mol. The Morgan fingerprint density at radius 3 is 2.08 bits per heavy atom. The first-order chi connectivity index (χ1) is 6.31. The average Bonchev–Trinajstić information content (AvgIpc) is 2.18. The van der Waals surface area contributed by atoms with Crippen LogP contribution in [0.3, 0.4) is 0 Å². The fourth-order valence-corrected chi connectivity index (χ4v) is 1.02. The van der Waals surface area contributed by atoms with Crippen LogP contribution in [0, 0.1) is 0 Å². The molecule has 0 radical (unpaired) electrons. The fraction of sp³-hybridized carbons (Fsp3) is 1.00. The summed E-state index contributed by atoms with van der Waals surface area (Å²) < 4.78 is 4.97. The molecule has 0 rings (SSSR count). The van der Waals surface area contributed by atoms with Gasteiger partial charge >= 0.3 is 0 Å². The molecule has 0 bridgehead atoms. The number of hydrogen-bond acceptors (Lipinski definition) is 2. The minimum Gasteiger partial charge on any atom is -0.385 e. The second kappa shape index (κ2) is 14.4. The molecule has 0 aliphatic rings. The lowest BCUT2D eigenvalue weighted by molar-refractivity contribution is 0.179. The Bertz CT molecular complexity index is 76.5. The van der Waals surface area contributed by atoms with E-state index in [1.54, 1.807) is 7.11 Å². The van der Waals surface area contributed by atoms with Crippen molar-refractivity contribution in [1.82, 2.24) is 4.90 Å². The molecule has 0 spiro atoms. The van der Waals surface area contributed by atoms with Crippen molar-refractivity contribution < 1.29 is 4.74 Å². The molecular weight excluding hydrogens is 162 g/mol. The minimum absolute atomic E-state index is 0.885. The maximum Gasteiger partial charge on any atom is 0.0474 e. The Hall–Kier alpha value is -0.0800. The van der Waals surface area contributed by atoms with E-state index in [1.807, 2.05) is 13.8 Å². The van der Waals surface area contributed by atoms with Crippen molar-refractivity contribution in [2.75, 3.05) is 33.9 Å². The molecule has 0 unspecified atom stereocenters. The van der Waals surface area contributed by atoms with E-state index in [0.29, 0.717) is 0 Å². The first-order valence-corrected chi connectivity index (χ1v) is 5.48. The molecule has 0 heterocycles. The molecule has 0 aromatic rings. The molecule has 0 saturated heterocycles. The third-order valence-corrected chi connectivity index (χ3v) is 1.78. The summed E-state index contributed by atoms with van der Waals surface area (Å²) in [4.78, 5) is 2.36. The van der Waals surface area contributed by atoms with Gasteiger partial charge in [-0.15, -0.1) is 0 Å². The van der Waals surface area contributed by atoms with Crippen molar-refractivity contribution in [2.24, 2.45) is 0 Å². The zero-order valence-electron chi connectivity index (χ0n) is 10.1. The highest BCUT2D eigenvalue weighted by Crippen LogP contribution is 1.93. The lowest BCUT2D eigenvalue weighted by Gasteiger charge is -2.15. The molecule has 0 fully saturated rings. The highest BCUT2D eigenvalue weighted by Gasteiger charge is 1.95.